The second kappa shape index (κ2) is 4.90. The molecule has 2 N–H and O–H groups in total. The van der Waals surface area contributed by atoms with E-state index in [2.05, 4.69) is 9.97 Å². The van der Waals surface area contributed by atoms with Gasteiger partial charge in [-0.1, -0.05) is 30.3 Å². The Morgan fingerprint density at radius 1 is 0.810 bits per heavy atom. The van der Waals surface area contributed by atoms with Crippen LogP contribution in [0.1, 0.15) is 11.5 Å². The highest BCUT2D eigenvalue weighted by atomic mass is 19.4. The number of hydrogen-bond acceptors (Lipinski definition) is 3. The Bertz CT molecular complexity index is 649. The molecule has 0 aliphatic rings. The average Bonchev–Trinajstić information content (AvgIpc) is 2.36. The lowest BCUT2D eigenvalue weighted by molar-refractivity contribution is -0.152. The summed E-state index contributed by atoms with van der Waals surface area (Å²) in [4.78, 5) is 5.55. The van der Waals surface area contributed by atoms with Crippen LogP contribution in [0.15, 0.2) is 30.3 Å². The Morgan fingerprint density at radius 3 is 1.86 bits per heavy atom. The van der Waals surface area contributed by atoms with Crippen LogP contribution in [-0.2, 0) is 12.4 Å². The summed E-state index contributed by atoms with van der Waals surface area (Å²) in [5.74, 6) is -2.80. The molecule has 2 rings (SSSR count). The summed E-state index contributed by atoms with van der Waals surface area (Å²) in [6.07, 6.45) is -10.2. The molecule has 0 radical (unpaired) electrons. The predicted molar refractivity (Wildman–Crippen MR) is 61.9 cm³/mol. The third-order valence-corrected chi connectivity index (χ3v) is 2.52. The summed E-state index contributed by atoms with van der Waals surface area (Å²) in [6, 6.07) is 6.94. The van der Waals surface area contributed by atoms with Crippen LogP contribution in [0.5, 0.6) is 0 Å². The molecule has 1 heterocycles. The zero-order valence-electron chi connectivity index (χ0n) is 10.1. The molecule has 3 nitrogen and oxygen atoms in total. The Kier molecular flexibility index (Phi) is 3.52. The average molecular weight is 307 g/mol. The highest BCUT2D eigenvalue weighted by molar-refractivity contribution is 5.76. The lowest BCUT2D eigenvalue weighted by Crippen LogP contribution is -2.20. The second-order valence-corrected chi connectivity index (χ2v) is 4.02. The fourth-order valence-corrected chi connectivity index (χ4v) is 1.70. The predicted octanol–water partition coefficient (Wildman–Crippen LogP) is 3.76. The smallest absolute Gasteiger partial charge is 0.383 e. The van der Waals surface area contributed by atoms with Gasteiger partial charge in [-0.2, -0.15) is 26.3 Å². The third kappa shape index (κ3) is 3.06. The minimum Gasteiger partial charge on any atom is -0.383 e. The number of benzene rings is 1. The van der Waals surface area contributed by atoms with Crippen molar-refractivity contribution in [1.82, 2.24) is 9.97 Å². The molecule has 1 aromatic heterocycles. The maximum absolute atomic E-state index is 13.0. The zero-order chi connectivity index (χ0) is 15.8. The van der Waals surface area contributed by atoms with E-state index in [9.17, 15) is 26.3 Å². The quantitative estimate of drug-likeness (QED) is 0.816. The van der Waals surface area contributed by atoms with Crippen molar-refractivity contribution in [2.75, 3.05) is 5.73 Å². The van der Waals surface area contributed by atoms with Crippen molar-refractivity contribution < 1.29 is 26.3 Å². The van der Waals surface area contributed by atoms with Gasteiger partial charge in [-0.25, -0.2) is 9.97 Å². The molecule has 1 aromatic carbocycles. The van der Waals surface area contributed by atoms with Gasteiger partial charge in [0.05, 0.1) is 5.56 Å². The van der Waals surface area contributed by atoms with Crippen LogP contribution in [0.2, 0.25) is 0 Å². The molecule has 112 valence electrons. The maximum Gasteiger partial charge on any atom is 0.451 e. The lowest BCUT2D eigenvalue weighted by atomic mass is 10.0. The third-order valence-electron chi connectivity index (χ3n) is 2.52. The fourth-order valence-electron chi connectivity index (χ4n) is 1.70. The van der Waals surface area contributed by atoms with Crippen molar-refractivity contribution in [3.05, 3.63) is 41.9 Å². The van der Waals surface area contributed by atoms with Gasteiger partial charge >= 0.3 is 12.4 Å². The molecule has 0 saturated carbocycles. The van der Waals surface area contributed by atoms with Crippen LogP contribution in [0, 0.1) is 0 Å². The Balaban J connectivity index is 2.77. The molecule has 0 aliphatic heterocycles. The van der Waals surface area contributed by atoms with Crippen molar-refractivity contribution in [2.24, 2.45) is 0 Å². The number of rotatable bonds is 1. The van der Waals surface area contributed by atoms with Crippen molar-refractivity contribution in [3.63, 3.8) is 0 Å². The van der Waals surface area contributed by atoms with E-state index in [4.69, 9.17) is 5.73 Å². The topological polar surface area (TPSA) is 51.8 Å². The molecular formula is C12H7F6N3. The molecule has 0 unspecified atom stereocenters. The number of nitrogens with zero attached hydrogens (tertiary/aromatic N) is 2. The molecule has 0 atom stereocenters. The van der Waals surface area contributed by atoms with E-state index in [0.717, 1.165) is 0 Å². The van der Waals surface area contributed by atoms with E-state index in [1.54, 1.807) is 0 Å². The molecule has 0 bridgehead atoms. The van der Waals surface area contributed by atoms with Crippen LogP contribution in [0.25, 0.3) is 11.1 Å². The van der Waals surface area contributed by atoms with Gasteiger partial charge in [0.15, 0.2) is 5.69 Å². The number of nitrogens with two attached hydrogens (primary N) is 1. The van der Waals surface area contributed by atoms with Crippen molar-refractivity contribution in [2.45, 2.75) is 12.4 Å². The molecule has 9 heteroatoms. The minimum atomic E-state index is -5.12. The van der Waals surface area contributed by atoms with Gasteiger partial charge in [0.2, 0.25) is 5.82 Å². The first-order valence-corrected chi connectivity index (χ1v) is 5.48. The van der Waals surface area contributed by atoms with Crippen LogP contribution >= 0.6 is 0 Å². The van der Waals surface area contributed by atoms with Crippen molar-refractivity contribution in [1.29, 1.82) is 0 Å². The van der Waals surface area contributed by atoms with Gasteiger partial charge in [-0.15, -0.1) is 0 Å². The molecule has 2 aromatic rings. The summed E-state index contributed by atoms with van der Waals surface area (Å²) in [7, 11) is 0. The highest BCUT2D eigenvalue weighted by Crippen LogP contribution is 2.40. The second-order valence-electron chi connectivity index (χ2n) is 4.02. The Labute approximate surface area is 114 Å². The number of anilines is 1. The van der Waals surface area contributed by atoms with Crippen LogP contribution in [0.3, 0.4) is 0 Å². The molecule has 21 heavy (non-hydrogen) atoms. The summed E-state index contributed by atoms with van der Waals surface area (Å²) in [5, 5.41) is 0. The maximum atomic E-state index is 13.0. The Morgan fingerprint density at radius 2 is 1.38 bits per heavy atom. The Hall–Kier alpha value is -2.32. The molecular weight excluding hydrogens is 300 g/mol. The lowest BCUT2D eigenvalue weighted by Gasteiger charge is -2.16. The molecule has 0 aliphatic carbocycles. The first kappa shape index (κ1) is 15.1. The number of halogens is 6. The highest BCUT2D eigenvalue weighted by Gasteiger charge is 2.42. The first-order valence-electron chi connectivity index (χ1n) is 5.48. The van der Waals surface area contributed by atoms with E-state index in [-0.39, 0.29) is 5.56 Å². The van der Waals surface area contributed by atoms with Crippen molar-refractivity contribution >= 4 is 5.82 Å². The molecule has 0 fully saturated rings. The van der Waals surface area contributed by atoms with Gasteiger partial charge in [-0.3, -0.25) is 0 Å². The van der Waals surface area contributed by atoms with Gasteiger partial charge in [0.1, 0.15) is 5.82 Å². The van der Waals surface area contributed by atoms with Crippen LogP contribution < -0.4 is 5.73 Å². The SMILES string of the molecule is Nc1nc(C(F)(F)F)nc(C(F)(F)F)c1-c1ccccc1. The standard InChI is InChI=1S/C12H7F6N3/c13-11(14,15)8-7(6-4-2-1-3-5-6)9(19)21-10(20-8)12(16,17)18/h1-5H,(H2,19,20,21). The zero-order valence-corrected chi connectivity index (χ0v) is 10.1. The van der Waals surface area contributed by atoms with Gasteiger partial charge in [0.25, 0.3) is 0 Å². The monoisotopic (exact) mass is 307 g/mol. The number of nitrogen functional groups attached to an aromatic ring is 1. The molecule has 0 saturated heterocycles. The van der Waals surface area contributed by atoms with Crippen LogP contribution in [-0.4, -0.2) is 9.97 Å². The summed E-state index contributed by atoms with van der Waals surface area (Å²) < 4.78 is 76.5. The summed E-state index contributed by atoms with van der Waals surface area (Å²) >= 11 is 0. The van der Waals surface area contributed by atoms with E-state index in [0.29, 0.717) is 0 Å². The van der Waals surface area contributed by atoms with Gasteiger partial charge in [-0.05, 0) is 5.56 Å². The van der Waals surface area contributed by atoms with E-state index in [1.807, 2.05) is 0 Å². The molecule has 0 spiro atoms. The van der Waals surface area contributed by atoms with E-state index in [1.165, 1.54) is 30.3 Å². The van der Waals surface area contributed by atoms with E-state index < -0.39 is 35.3 Å². The van der Waals surface area contributed by atoms with Gasteiger partial charge in [0, 0.05) is 0 Å². The largest absolute Gasteiger partial charge is 0.451 e. The number of alkyl halides is 6. The van der Waals surface area contributed by atoms with E-state index >= 15 is 0 Å². The minimum absolute atomic E-state index is 0.0175. The van der Waals surface area contributed by atoms with Crippen LogP contribution in [0.4, 0.5) is 32.2 Å². The number of hydrogen-bond donors (Lipinski definition) is 1. The van der Waals surface area contributed by atoms with Gasteiger partial charge < -0.3 is 5.73 Å². The summed E-state index contributed by atoms with van der Waals surface area (Å²) in [5.41, 5.74) is 2.89. The fraction of sp³-hybridized carbons (Fsp3) is 0.167. The molecule has 0 amide bonds. The normalized spacial score (nSPS) is 12.5. The number of aromatic nitrogens is 2. The van der Waals surface area contributed by atoms with Crippen molar-refractivity contribution in [3.8, 4) is 11.1 Å². The first-order chi connectivity index (χ1) is 9.60. The summed E-state index contributed by atoms with van der Waals surface area (Å²) in [6.45, 7) is 0.